The maximum Gasteiger partial charge on any atom is 0.319 e. The van der Waals surface area contributed by atoms with E-state index < -0.39 is 5.25 Å². The standard InChI is InChI=1S/C20H26N2O3S/c1-3-4-13-25-19(24)14(2)26-20-21-17-12-8-7-11-16(17)18(23)22(20)15-9-5-6-10-15/h7-8,11-12,14-15H,3-6,9-10,13H2,1-2H3. The Morgan fingerprint density at radius 3 is 2.81 bits per heavy atom. The number of thioether (sulfide) groups is 1. The van der Waals surface area contributed by atoms with Crippen molar-refractivity contribution in [2.24, 2.45) is 0 Å². The van der Waals surface area contributed by atoms with Gasteiger partial charge in [0, 0.05) is 6.04 Å². The number of aromatic nitrogens is 2. The molecule has 1 aromatic carbocycles. The topological polar surface area (TPSA) is 61.2 Å². The molecule has 3 rings (SSSR count). The number of benzene rings is 1. The van der Waals surface area contributed by atoms with Gasteiger partial charge in [0.1, 0.15) is 5.25 Å². The highest BCUT2D eigenvalue weighted by Crippen LogP contribution is 2.33. The number of esters is 1. The first kappa shape index (κ1) is 19.0. The van der Waals surface area contributed by atoms with Gasteiger partial charge in [-0.15, -0.1) is 0 Å². The van der Waals surface area contributed by atoms with Gasteiger partial charge >= 0.3 is 5.97 Å². The Balaban J connectivity index is 1.92. The average molecular weight is 375 g/mol. The second kappa shape index (κ2) is 8.71. The number of hydrogen-bond acceptors (Lipinski definition) is 5. The number of fused-ring (bicyclic) bond motifs is 1. The molecule has 1 saturated carbocycles. The van der Waals surface area contributed by atoms with Crippen LogP contribution >= 0.6 is 11.8 Å². The number of ether oxygens (including phenoxy) is 1. The van der Waals surface area contributed by atoms with E-state index >= 15 is 0 Å². The first-order valence-electron chi connectivity index (χ1n) is 9.46. The minimum atomic E-state index is -0.396. The van der Waals surface area contributed by atoms with Crippen molar-refractivity contribution < 1.29 is 9.53 Å². The molecule has 6 heteroatoms. The number of hydrogen-bond donors (Lipinski definition) is 0. The van der Waals surface area contributed by atoms with Crippen LogP contribution in [0, 0.1) is 0 Å². The van der Waals surface area contributed by atoms with Crippen LogP contribution in [0.3, 0.4) is 0 Å². The first-order chi connectivity index (χ1) is 12.6. The molecule has 0 saturated heterocycles. The van der Waals surface area contributed by atoms with E-state index in [0.717, 1.165) is 38.5 Å². The molecule has 1 fully saturated rings. The summed E-state index contributed by atoms with van der Waals surface area (Å²) >= 11 is 1.33. The van der Waals surface area contributed by atoms with E-state index in [1.54, 1.807) is 0 Å². The van der Waals surface area contributed by atoms with Crippen LogP contribution in [0.1, 0.15) is 58.4 Å². The van der Waals surface area contributed by atoms with Gasteiger partial charge in [0.2, 0.25) is 0 Å². The summed E-state index contributed by atoms with van der Waals surface area (Å²) in [5.41, 5.74) is 0.678. The second-order valence-electron chi connectivity index (χ2n) is 6.81. The van der Waals surface area contributed by atoms with E-state index in [1.165, 1.54) is 11.8 Å². The lowest BCUT2D eigenvalue weighted by atomic mass is 10.2. The fraction of sp³-hybridized carbons (Fsp3) is 0.550. The number of para-hydroxylation sites is 1. The molecular weight excluding hydrogens is 348 g/mol. The number of unbranched alkanes of at least 4 members (excludes halogenated alkanes) is 1. The predicted octanol–water partition coefficient (Wildman–Crippen LogP) is 4.34. The zero-order valence-corrected chi connectivity index (χ0v) is 16.3. The zero-order chi connectivity index (χ0) is 18.5. The van der Waals surface area contributed by atoms with Gasteiger partial charge in [0.05, 0.1) is 17.5 Å². The molecule has 0 amide bonds. The molecule has 1 aromatic heterocycles. The fourth-order valence-electron chi connectivity index (χ4n) is 3.33. The third kappa shape index (κ3) is 4.11. The Hall–Kier alpha value is -1.82. The van der Waals surface area contributed by atoms with Gasteiger partial charge in [-0.1, -0.05) is 50.1 Å². The largest absolute Gasteiger partial charge is 0.465 e. The third-order valence-electron chi connectivity index (χ3n) is 4.82. The van der Waals surface area contributed by atoms with Crippen molar-refractivity contribution in [3.05, 3.63) is 34.6 Å². The fourth-order valence-corrected chi connectivity index (χ4v) is 4.31. The van der Waals surface area contributed by atoms with Gasteiger partial charge in [0.15, 0.2) is 5.16 Å². The summed E-state index contributed by atoms with van der Waals surface area (Å²) in [5, 5.41) is 0.870. The number of carbonyl (C=O) groups excluding carboxylic acids is 1. The van der Waals surface area contributed by atoms with Gasteiger partial charge in [-0.05, 0) is 38.3 Å². The molecule has 2 aromatic rings. The van der Waals surface area contributed by atoms with Crippen molar-refractivity contribution in [3.63, 3.8) is 0 Å². The van der Waals surface area contributed by atoms with E-state index in [0.29, 0.717) is 22.7 Å². The minimum absolute atomic E-state index is 0.00319. The van der Waals surface area contributed by atoms with Crippen molar-refractivity contribution in [3.8, 4) is 0 Å². The zero-order valence-electron chi connectivity index (χ0n) is 15.4. The summed E-state index contributed by atoms with van der Waals surface area (Å²) in [5.74, 6) is -0.246. The van der Waals surface area contributed by atoms with E-state index in [-0.39, 0.29) is 17.6 Å². The molecular formula is C20H26N2O3S. The molecule has 0 aliphatic heterocycles. The molecule has 0 bridgehead atoms. The lowest BCUT2D eigenvalue weighted by Gasteiger charge is -2.20. The van der Waals surface area contributed by atoms with E-state index in [4.69, 9.17) is 9.72 Å². The molecule has 1 aliphatic rings. The van der Waals surface area contributed by atoms with Gasteiger partial charge in [-0.3, -0.25) is 14.2 Å². The van der Waals surface area contributed by atoms with Crippen LogP contribution in [0.2, 0.25) is 0 Å². The summed E-state index contributed by atoms with van der Waals surface area (Å²) in [6, 6.07) is 7.60. The van der Waals surface area contributed by atoms with Gasteiger partial charge in [-0.25, -0.2) is 4.98 Å². The summed E-state index contributed by atoms with van der Waals surface area (Å²) in [4.78, 5) is 30.1. The molecule has 0 N–H and O–H groups in total. The Labute approximate surface area is 158 Å². The van der Waals surface area contributed by atoms with E-state index in [2.05, 4.69) is 6.92 Å². The molecule has 1 heterocycles. The van der Waals surface area contributed by atoms with Crippen molar-refractivity contribution in [2.45, 2.75) is 68.8 Å². The maximum absolute atomic E-state index is 13.1. The van der Waals surface area contributed by atoms with Crippen LogP contribution in [0.25, 0.3) is 10.9 Å². The second-order valence-corrected chi connectivity index (χ2v) is 8.11. The van der Waals surface area contributed by atoms with Crippen molar-refractivity contribution in [1.82, 2.24) is 9.55 Å². The number of nitrogens with zero attached hydrogens (tertiary/aromatic N) is 2. The normalized spacial score (nSPS) is 16.1. The molecule has 0 spiro atoms. The third-order valence-corrected chi connectivity index (χ3v) is 5.87. The van der Waals surface area contributed by atoms with Gasteiger partial charge in [-0.2, -0.15) is 0 Å². The van der Waals surface area contributed by atoms with Crippen LogP contribution in [-0.4, -0.2) is 27.4 Å². The molecule has 140 valence electrons. The summed E-state index contributed by atoms with van der Waals surface area (Å²) < 4.78 is 7.14. The molecule has 1 aliphatic carbocycles. The van der Waals surface area contributed by atoms with E-state index in [1.807, 2.05) is 35.8 Å². The van der Waals surface area contributed by atoms with E-state index in [9.17, 15) is 9.59 Å². The highest BCUT2D eigenvalue weighted by atomic mass is 32.2. The lowest BCUT2D eigenvalue weighted by molar-refractivity contribution is -0.142. The first-order valence-corrected chi connectivity index (χ1v) is 10.3. The molecule has 5 nitrogen and oxygen atoms in total. The minimum Gasteiger partial charge on any atom is -0.465 e. The molecule has 0 radical (unpaired) electrons. The monoisotopic (exact) mass is 374 g/mol. The Bertz CT molecular complexity index is 827. The lowest BCUT2D eigenvalue weighted by Crippen LogP contribution is -2.28. The Kier molecular flexibility index (Phi) is 6.35. The predicted molar refractivity (Wildman–Crippen MR) is 105 cm³/mol. The van der Waals surface area contributed by atoms with Crippen LogP contribution in [0.15, 0.2) is 34.2 Å². The van der Waals surface area contributed by atoms with Crippen molar-refractivity contribution >= 4 is 28.6 Å². The van der Waals surface area contributed by atoms with Gasteiger partial charge in [0.25, 0.3) is 5.56 Å². The summed E-state index contributed by atoms with van der Waals surface area (Å²) in [6.07, 6.45) is 6.09. The Morgan fingerprint density at radius 2 is 2.08 bits per heavy atom. The van der Waals surface area contributed by atoms with Crippen molar-refractivity contribution in [1.29, 1.82) is 0 Å². The Morgan fingerprint density at radius 1 is 1.35 bits per heavy atom. The van der Waals surface area contributed by atoms with Gasteiger partial charge < -0.3 is 4.74 Å². The maximum atomic E-state index is 13.1. The highest BCUT2D eigenvalue weighted by Gasteiger charge is 2.26. The SMILES string of the molecule is CCCCOC(=O)C(C)Sc1nc2ccccc2c(=O)n1C1CCCC1. The van der Waals surface area contributed by atoms with Crippen LogP contribution in [-0.2, 0) is 9.53 Å². The van der Waals surface area contributed by atoms with Crippen LogP contribution in [0.5, 0.6) is 0 Å². The van der Waals surface area contributed by atoms with Crippen LogP contribution in [0.4, 0.5) is 0 Å². The number of rotatable bonds is 7. The number of carbonyl (C=O) groups is 1. The molecule has 1 unspecified atom stereocenters. The highest BCUT2D eigenvalue weighted by molar-refractivity contribution is 8.00. The van der Waals surface area contributed by atoms with Crippen LogP contribution < -0.4 is 5.56 Å². The van der Waals surface area contributed by atoms with Crippen molar-refractivity contribution in [2.75, 3.05) is 6.61 Å². The molecule has 26 heavy (non-hydrogen) atoms. The average Bonchev–Trinajstić information content (AvgIpc) is 3.16. The quantitative estimate of drug-likeness (QED) is 0.312. The summed E-state index contributed by atoms with van der Waals surface area (Å²) in [6.45, 7) is 4.32. The summed E-state index contributed by atoms with van der Waals surface area (Å²) in [7, 11) is 0. The molecule has 1 atom stereocenters. The smallest absolute Gasteiger partial charge is 0.319 e.